The maximum absolute atomic E-state index is 12.0. The third-order valence-electron chi connectivity index (χ3n) is 4.77. The molecule has 0 aromatic carbocycles. The summed E-state index contributed by atoms with van der Waals surface area (Å²) < 4.78 is 1.76. The molecule has 1 amide bonds. The number of nitrogens with one attached hydrogen (secondary N) is 1. The Morgan fingerprint density at radius 2 is 2.28 bits per heavy atom. The maximum Gasteiger partial charge on any atom is 0.269 e. The number of nitrogens with zero attached hydrogens (tertiary/aromatic N) is 2. The molecule has 1 heterocycles. The molecule has 1 N–H and O–H groups in total. The Hall–Kier alpha value is -1.32. The van der Waals surface area contributed by atoms with E-state index >= 15 is 0 Å². The van der Waals surface area contributed by atoms with E-state index < -0.39 is 0 Å². The van der Waals surface area contributed by atoms with E-state index in [0.29, 0.717) is 11.1 Å². The van der Waals surface area contributed by atoms with Gasteiger partial charge in [-0.1, -0.05) is 19.3 Å². The predicted octanol–water partition coefficient (Wildman–Crippen LogP) is 2.12. The second-order valence-electron chi connectivity index (χ2n) is 5.92. The zero-order valence-corrected chi connectivity index (χ0v) is 11.0. The normalized spacial score (nSPS) is 25.1. The minimum absolute atomic E-state index is 0.00728. The fourth-order valence-corrected chi connectivity index (χ4v) is 3.47. The van der Waals surface area contributed by atoms with E-state index in [1.54, 1.807) is 17.1 Å². The summed E-state index contributed by atoms with van der Waals surface area (Å²) in [6.45, 7) is 0.837. The predicted molar refractivity (Wildman–Crippen MR) is 69.2 cm³/mol. The molecule has 4 nitrogen and oxygen atoms in total. The standard InChI is InChI=1S/C14H21N3O/c1-17-10-15-9-12(17)13(18)16-8-11-7-14(11)5-3-2-4-6-14/h9-11H,2-8H2,1H3,(H,16,18). The molecule has 0 aliphatic heterocycles. The Bertz CT molecular complexity index is 446. The van der Waals surface area contributed by atoms with Gasteiger partial charge in [-0.2, -0.15) is 0 Å². The van der Waals surface area contributed by atoms with Crippen molar-refractivity contribution in [2.24, 2.45) is 18.4 Å². The van der Waals surface area contributed by atoms with Gasteiger partial charge in [0.15, 0.2) is 0 Å². The molecule has 4 heteroatoms. The van der Waals surface area contributed by atoms with Crippen molar-refractivity contribution in [1.29, 1.82) is 0 Å². The molecular weight excluding hydrogens is 226 g/mol. The second-order valence-corrected chi connectivity index (χ2v) is 5.92. The summed E-state index contributed by atoms with van der Waals surface area (Å²) in [6.07, 6.45) is 11.5. The lowest BCUT2D eigenvalue weighted by molar-refractivity contribution is 0.0941. The Balaban J connectivity index is 1.51. The van der Waals surface area contributed by atoms with Crippen molar-refractivity contribution < 1.29 is 4.79 Å². The van der Waals surface area contributed by atoms with Crippen LogP contribution >= 0.6 is 0 Å². The Morgan fingerprint density at radius 3 is 2.94 bits per heavy atom. The maximum atomic E-state index is 12.0. The average molecular weight is 247 g/mol. The van der Waals surface area contributed by atoms with E-state index in [1.165, 1.54) is 38.5 Å². The largest absolute Gasteiger partial charge is 0.350 e. The molecule has 2 fully saturated rings. The van der Waals surface area contributed by atoms with Gasteiger partial charge in [-0.15, -0.1) is 0 Å². The molecule has 2 aliphatic rings. The topological polar surface area (TPSA) is 46.9 Å². The molecule has 1 atom stereocenters. The first-order valence-corrected chi connectivity index (χ1v) is 6.96. The van der Waals surface area contributed by atoms with Gasteiger partial charge in [0.1, 0.15) is 5.69 Å². The van der Waals surface area contributed by atoms with Crippen molar-refractivity contribution in [1.82, 2.24) is 14.9 Å². The van der Waals surface area contributed by atoms with Gasteiger partial charge in [0, 0.05) is 13.6 Å². The number of hydrogen-bond acceptors (Lipinski definition) is 2. The first-order valence-electron chi connectivity index (χ1n) is 6.96. The zero-order chi connectivity index (χ0) is 12.6. The van der Waals surface area contributed by atoms with Crippen LogP contribution in [0, 0.1) is 11.3 Å². The molecule has 1 aromatic heterocycles. The first-order chi connectivity index (χ1) is 8.71. The third-order valence-corrected chi connectivity index (χ3v) is 4.77. The second kappa shape index (κ2) is 4.41. The van der Waals surface area contributed by atoms with Gasteiger partial charge in [-0.3, -0.25) is 4.79 Å². The van der Waals surface area contributed by atoms with Gasteiger partial charge in [0.2, 0.25) is 0 Å². The minimum atomic E-state index is 0.00728. The molecule has 2 saturated carbocycles. The van der Waals surface area contributed by atoms with Crippen LogP contribution in [0.25, 0.3) is 0 Å². The van der Waals surface area contributed by atoms with Gasteiger partial charge in [0.05, 0.1) is 12.5 Å². The van der Waals surface area contributed by atoms with Crippen molar-refractivity contribution >= 4 is 5.91 Å². The van der Waals surface area contributed by atoms with E-state index in [4.69, 9.17) is 0 Å². The molecule has 2 aliphatic carbocycles. The summed E-state index contributed by atoms with van der Waals surface area (Å²) >= 11 is 0. The summed E-state index contributed by atoms with van der Waals surface area (Å²) in [5.41, 5.74) is 1.24. The average Bonchev–Trinajstić information content (AvgIpc) is 2.83. The van der Waals surface area contributed by atoms with Gasteiger partial charge < -0.3 is 9.88 Å². The highest BCUT2D eigenvalue weighted by molar-refractivity contribution is 5.92. The lowest BCUT2D eigenvalue weighted by atomic mass is 9.84. The number of carbonyl (C=O) groups is 1. The van der Waals surface area contributed by atoms with Crippen LogP contribution in [0.2, 0.25) is 0 Å². The molecule has 0 radical (unpaired) electrons. The number of aromatic nitrogens is 2. The van der Waals surface area contributed by atoms with E-state index in [2.05, 4.69) is 10.3 Å². The van der Waals surface area contributed by atoms with Crippen LogP contribution in [0.5, 0.6) is 0 Å². The zero-order valence-electron chi connectivity index (χ0n) is 11.0. The van der Waals surface area contributed by atoms with E-state index in [-0.39, 0.29) is 5.91 Å². The molecule has 98 valence electrons. The monoisotopic (exact) mass is 247 g/mol. The van der Waals surface area contributed by atoms with E-state index in [9.17, 15) is 4.79 Å². The summed E-state index contributed by atoms with van der Waals surface area (Å²) in [5, 5.41) is 3.06. The number of carbonyl (C=O) groups excluding carboxylic acids is 1. The van der Waals surface area contributed by atoms with Crippen molar-refractivity contribution in [2.45, 2.75) is 38.5 Å². The first kappa shape index (κ1) is 11.8. The van der Waals surface area contributed by atoms with E-state index in [0.717, 1.165) is 12.5 Å². The summed E-state index contributed by atoms with van der Waals surface area (Å²) in [4.78, 5) is 15.9. The SMILES string of the molecule is Cn1cncc1C(=O)NCC1CC12CCCCC2. The highest BCUT2D eigenvalue weighted by atomic mass is 16.1. The molecular formula is C14H21N3O. The Morgan fingerprint density at radius 1 is 1.50 bits per heavy atom. The molecule has 1 unspecified atom stereocenters. The Kier molecular flexibility index (Phi) is 2.88. The van der Waals surface area contributed by atoms with Crippen LogP contribution in [-0.2, 0) is 7.05 Å². The van der Waals surface area contributed by atoms with Gasteiger partial charge >= 0.3 is 0 Å². The smallest absolute Gasteiger partial charge is 0.269 e. The van der Waals surface area contributed by atoms with Crippen molar-refractivity contribution in [3.8, 4) is 0 Å². The van der Waals surface area contributed by atoms with Gasteiger partial charge in [-0.05, 0) is 30.6 Å². The van der Waals surface area contributed by atoms with Crippen LogP contribution in [0.4, 0.5) is 0 Å². The van der Waals surface area contributed by atoms with Crippen LogP contribution in [0.15, 0.2) is 12.5 Å². The van der Waals surface area contributed by atoms with Crippen molar-refractivity contribution in [3.63, 3.8) is 0 Å². The summed E-state index contributed by atoms with van der Waals surface area (Å²) in [7, 11) is 1.85. The summed E-state index contributed by atoms with van der Waals surface area (Å²) in [6, 6.07) is 0. The van der Waals surface area contributed by atoms with E-state index in [1.807, 2.05) is 7.05 Å². The van der Waals surface area contributed by atoms with Crippen molar-refractivity contribution in [3.05, 3.63) is 18.2 Å². The number of imidazole rings is 1. The fourth-order valence-electron chi connectivity index (χ4n) is 3.47. The fraction of sp³-hybridized carbons (Fsp3) is 0.714. The molecule has 1 spiro atoms. The molecule has 3 rings (SSSR count). The number of amides is 1. The van der Waals surface area contributed by atoms with Crippen LogP contribution in [-0.4, -0.2) is 22.0 Å². The van der Waals surface area contributed by atoms with Crippen LogP contribution < -0.4 is 5.32 Å². The quantitative estimate of drug-likeness (QED) is 0.889. The molecule has 0 saturated heterocycles. The highest BCUT2D eigenvalue weighted by Gasteiger charge is 2.53. The van der Waals surface area contributed by atoms with Crippen LogP contribution in [0.1, 0.15) is 49.0 Å². The number of aryl methyl sites for hydroxylation is 1. The highest BCUT2D eigenvalue weighted by Crippen LogP contribution is 2.60. The minimum Gasteiger partial charge on any atom is -0.350 e. The van der Waals surface area contributed by atoms with Gasteiger partial charge in [-0.25, -0.2) is 4.98 Å². The summed E-state index contributed by atoms with van der Waals surface area (Å²) in [5.74, 6) is 0.725. The lowest BCUT2D eigenvalue weighted by Crippen LogP contribution is -2.29. The number of rotatable bonds is 3. The molecule has 0 bridgehead atoms. The van der Waals surface area contributed by atoms with Gasteiger partial charge in [0.25, 0.3) is 5.91 Å². The van der Waals surface area contributed by atoms with Crippen LogP contribution in [0.3, 0.4) is 0 Å². The lowest BCUT2D eigenvalue weighted by Gasteiger charge is -2.22. The molecule has 1 aromatic rings. The Labute approximate surface area is 108 Å². The molecule has 18 heavy (non-hydrogen) atoms. The third kappa shape index (κ3) is 2.04. The van der Waals surface area contributed by atoms with Crippen molar-refractivity contribution in [2.75, 3.05) is 6.54 Å². The number of hydrogen-bond donors (Lipinski definition) is 1.